The van der Waals surface area contributed by atoms with E-state index in [-0.39, 0.29) is 12.1 Å². The summed E-state index contributed by atoms with van der Waals surface area (Å²) in [4.78, 5) is 11.8. The molecule has 98 valence electrons. The molecule has 17 heavy (non-hydrogen) atoms. The Morgan fingerprint density at radius 2 is 2.00 bits per heavy atom. The largest absolute Gasteiger partial charge is 0.336 e. The van der Waals surface area contributed by atoms with Crippen molar-refractivity contribution in [1.29, 1.82) is 0 Å². The first kappa shape index (κ1) is 12.7. The van der Waals surface area contributed by atoms with Crippen LogP contribution in [-0.2, 0) is 0 Å². The van der Waals surface area contributed by atoms with Crippen LogP contribution in [0.2, 0.25) is 0 Å². The molecule has 2 bridgehead atoms. The van der Waals surface area contributed by atoms with Gasteiger partial charge >= 0.3 is 6.03 Å². The summed E-state index contributed by atoms with van der Waals surface area (Å²) in [5.74, 6) is 2.54. The van der Waals surface area contributed by atoms with Gasteiger partial charge in [0.2, 0.25) is 0 Å². The number of amides is 2. The number of nitrogens with one attached hydrogen (secondary N) is 2. The lowest BCUT2D eigenvalue weighted by Gasteiger charge is -2.29. The predicted molar refractivity (Wildman–Crippen MR) is 69.8 cm³/mol. The van der Waals surface area contributed by atoms with E-state index < -0.39 is 0 Å². The third-order valence-corrected chi connectivity index (χ3v) is 4.78. The van der Waals surface area contributed by atoms with Crippen molar-refractivity contribution in [3.8, 4) is 0 Å². The lowest BCUT2D eigenvalue weighted by atomic mass is 9.84. The Morgan fingerprint density at radius 1 is 1.24 bits per heavy atom. The molecule has 0 spiro atoms. The number of fused-ring (bicyclic) bond motifs is 2. The Morgan fingerprint density at radius 3 is 2.53 bits per heavy atom. The van der Waals surface area contributed by atoms with Crippen LogP contribution in [0.15, 0.2) is 0 Å². The first-order valence-corrected chi connectivity index (χ1v) is 7.17. The molecule has 0 aromatic carbocycles. The quantitative estimate of drug-likeness (QED) is 0.777. The van der Waals surface area contributed by atoms with E-state index in [1.165, 1.54) is 25.7 Å². The second-order valence-electron chi connectivity index (χ2n) is 6.05. The number of urea groups is 1. The van der Waals surface area contributed by atoms with E-state index >= 15 is 0 Å². The normalized spacial score (nSPS) is 34.4. The monoisotopic (exact) mass is 238 g/mol. The highest BCUT2D eigenvalue weighted by Crippen LogP contribution is 2.49. The average Bonchev–Trinajstić information content (AvgIpc) is 2.90. The number of hydrogen-bond acceptors (Lipinski definition) is 1. The molecule has 2 rings (SSSR count). The fourth-order valence-electron chi connectivity index (χ4n) is 3.59. The molecule has 0 aromatic rings. The first-order chi connectivity index (χ1) is 8.10. The van der Waals surface area contributed by atoms with Gasteiger partial charge in [0.25, 0.3) is 0 Å². The summed E-state index contributed by atoms with van der Waals surface area (Å²) in [6.07, 6.45) is 6.52. The average molecular weight is 238 g/mol. The zero-order chi connectivity index (χ0) is 12.4. The summed E-state index contributed by atoms with van der Waals surface area (Å²) in [5.41, 5.74) is 0. The molecule has 2 saturated carbocycles. The lowest BCUT2D eigenvalue weighted by molar-refractivity contribution is 0.217. The van der Waals surface area contributed by atoms with Crippen molar-refractivity contribution < 1.29 is 4.79 Å². The summed E-state index contributed by atoms with van der Waals surface area (Å²) in [6.45, 7) is 6.30. The second kappa shape index (κ2) is 5.28. The van der Waals surface area contributed by atoms with Crippen LogP contribution in [0.1, 0.15) is 52.9 Å². The van der Waals surface area contributed by atoms with Crippen LogP contribution in [0, 0.1) is 17.8 Å². The molecule has 3 heteroatoms. The molecule has 0 heterocycles. The van der Waals surface area contributed by atoms with E-state index in [9.17, 15) is 4.79 Å². The van der Waals surface area contributed by atoms with Crippen LogP contribution in [-0.4, -0.2) is 18.1 Å². The summed E-state index contributed by atoms with van der Waals surface area (Å²) in [6, 6.07) is 0.603. The second-order valence-corrected chi connectivity index (χ2v) is 6.05. The highest BCUT2D eigenvalue weighted by Gasteiger charge is 2.42. The maximum atomic E-state index is 11.8. The number of hydrogen-bond donors (Lipinski definition) is 2. The van der Waals surface area contributed by atoms with E-state index in [0.717, 1.165) is 24.2 Å². The van der Waals surface area contributed by atoms with E-state index in [1.807, 2.05) is 6.92 Å². The SMILES string of the molecule is CC[C@H](C)NC(=O)N[C@H](C)[C@@H]1C[C@H]2CC[C@H]1C2. The molecular formula is C14H26N2O. The van der Waals surface area contributed by atoms with Crippen LogP contribution in [0.4, 0.5) is 4.79 Å². The zero-order valence-electron chi connectivity index (χ0n) is 11.3. The molecular weight excluding hydrogens is 212 g/mol. The van der Waals surface area contributed by atoms with Gasteiger partial charge in [0.15, 0.2) is 0 Å². The Labute approximate surface area is 105 Å². The van der Waals surface area contributed by atoms with Gasteiger partial charge in [-0.05, 0) is 57.3 Å². The lowest BCUT2D eigenvalue weighted by Crippen LogP contribution is -2.47. The topological polar surface area (TPSA) is 41.1 Å². The molecule has 2 aliphatic carbocycles. The van der Waals surface area contributed by atoms with Gasteiger partial charge in [0.05, 0.1) is 0 Å². The van der Waals surface area contributed by atoms with Gasteiger partial charge in [0, 0.05) is 12.1 Å². The van der Waals surface area contributed by atoms with Crippen LogP contribution in [0.5, 0.6) is 0 Å². The van der Waals surface area contributed by atoms with E-state index in [1.54, 1.807) is 0 Å². The molecule has 0 radical (unpaired) electrons. The molecule has 2 aliphatic rings. The van der Waals surface area contributed by atoms with Gasteiger partial charge in [-0.1, -0.05) is 13.3 Å². The van der Waals surface area contributed by atoms with Gasteiger partial charge in [-0.15, -0.1) is 0 Å². The molecule has 2 N–H and O–H groups in total. The smallest absolute Gasteiger partial charge is 0.315 e. The minimum absolute atomic E-state index is 0.00891. The molecule has 0 unspecified atom stereocenters. The number of carbonyl (C=O) groups excluding carboxylic acids is 1. The minimum atomic E-state index is 0.00891. The number of rotatable bonds is 4. The van der Waals surface area contributed by atoms with Gasteiger partial charge in [0.1, 0.15) is 0 Å². The standard InChI is InChI=1S/C14H26N2O/c1-4-9(2)15-14(17)16-10(3)13-8-11-5-6-12(13)7-11/h9-13H,4-8H2,1-3H3,(H2,15,16,17)/t9-,10+,11-,12-,13-/m0/s1. The Kier molecular flexibility index (Phi) is 3.95. The molecule has 2 fully saturated rings. The van der Waals surface area contributed by atoms with Crippen molar-refractivity contribution in [3.05, 3.63) is 0 Å². The highest BCUT2D eigenvalue weighted by molar-refractivity contribution is 5.74. The molecule has 5 atom stereocenters. The summed E-state index contributed by atoms with van der Waals surface area (Å²) < 4.78 is 0. The molecule has 2 amide bonds. The Bertz CT molecular complexity index is 279. The first-order valence-electron chi connectivity index (χ1n) is 7.17. The third-order valence-electron chi connectivity index (χ3n) is 4.78. The maximum Gasteiger partial charge on any atom is 0.315 e. The predicted octanol–water partition coefficient (Wildman–Crippen LogP) is 2.91. The van der Waals surface area contributed by atoms with Crippen LogP contribution in [0.3, 0.4) is 0 Å². The van der Waals surface area contributed by atoms with Crippen LogP contribution in [0.25, 0.3) is 0 Å². The van der Waals surface area contributed by atoms with E-state index in [0.29, 0.717) is 6.04 Å². The molecule has 0 aliphatic heterocycles. The summed E-state index contributed by atoms with van der Waals surface area (Å²) >= 11 is 0. The van der Waals surface area contributed by atoms with Crippen LogP contribution < -0.4 is 10.6 Å². The zero-order valence-corrected chi connectivity index (χ0v) is 11.3. The van der Waals surface area contributed by atoms with E-state index in [4.69, 9.17) is 0 Å². The third kappa shape index (κ3) is 2.93. The Balaban J connectivity index is 1.77. The van der Waals surface area contributed by atoms with Gasteiger partial charge < -0.3 is 10.6 Å². The molecule has 0 saturated heterocycles. The highest BCUT2D eigenvalue weighted by atomic mass is 16.2. The Hall–Kier alpha value is -0.730. The maximum absolute atomic E-state index is 11.8. The number of carbonyl (C=O) groups is 1. The van der Waals surface area contributed by atoms with Crippen molar-refractivity contribution in [2.75, 3.05) is 0 Å². The van der Waals surface area contributed by atoms with Crippen molar-refractivity contribution in [2.45, 2.75) is 65.0 Å². The fourth-order valence-corrected chi connectivity index (χ4v) is 3.59. The summed E-state index contributed by atoms with van der Waals surface area (Å²) in [7, 11) is 0. The molecule has 3 nitrogen and oxygen atoms in total. The van der Waals surface area contributed by atoms with Crippen molar-refractivity contribution in [3.63, 3.8) is 0 Å². The minimum Gasteiger partial charge on any atom is -0.336 e. The molecule has 0 aromatic heterocycles. The van der Waals surface area contributed by atoms with Crippen molar-refractivity contribution >= 4 is 6.03 Å². The fraction of sp³-hybridized carbons (Fsp3) is 0.929. The summed E-state index contributed by atoms with van der Waals surface area (Å²) in [5, 5.41) is 6.10. The van der Waals surface area contributed by atoms with Gasteiger partial charge in [-0.2, -0.15) is 0 Å². The van der Waals surface area contributed by atoms with Crippen molar-refractivity contribution in [2.24, 2.45) is 17.8 Å². The van der Waals surface area contributed by atoms with Gasteiger partial charge in [-0.25, -0.2) is 4.79 Å². The van der Waals surface area contributed by atoms with Crippen molar-refractivity contribution in [1.82, 2.24) is 10.6 Å². The van der Waals surface area contributed by atoms with Crippen LogP contribution >= 0.6 is 0 Å². The van der Waals surface area contributed by atoms with E-state index in [2.05, 4.69) is 24.5 Å². The van der Waals surface area contributed by atoms with Gasteiger partial charge in [-0.3, -0.25) is 0 Å².